The fraction of sp³-hybridized carbons (Fsp3) is 0.304. The number of rotatable bonds is 5. The van der Waals surface area contributed by atoms with E-state index in [1.165, 1.54) is 4.31 Å². The molecule has 162 valence electrons. The number of para-hydroxylation sites is 1. The van der Waals surface area contributed by atoms with Gasteiger partial charge in [-0.1, -0.05) is 42.6 Å². The third kappa shape index (κ3) is 4.83. The zero-order valence-corrected chi connectivity index (χ0v) is 18.9. The average molecular weight is 457 g/mol. The van der Waals surface area contributed by atoms with E-state index in [1.54, 1.807) is 6.20 Å². The number of nitrogens with zero attached hydrogens (tertiary/aromatic N) is 3. The van der Waals surface area contributed by atoms with Crippen molar-refractivity contribution in [1.82, 2.24) is 9.29 Å². The topological polar surface area (TPSA) is 57.7 Å². The minimum atomic E-state index is -0.239. The second kappa shape index (κ2) is 9.66. The second-order valence-electron chi connectivity index (χ2n) is 7.42. The molecule has 1 aromatic heterocycles. The molecule has 8 heteroatoms. The number of hydrogen-bond acceptors (Lipinski definition) is 5. The van der Waals surface area contributed by atoms with Gasteiger partial charge in [-0.2, -0.15) is 0 Å². The molecule has 1 aliphatic heterocycles. The summed E-state index contributed by atoms with van der Waals surface area (Å²) >= 11 is 10.8. The Balaban J connectivity index is 1.39. The van der Waals surface area contributed by atoms with Gasteiger partial charge in [0.15, 0.2) is 0 Å². The minimum Gasteiger partial charge on any atom is -0.494 e. The van der Waals surface area contributed by atoms with Gasteiger partial charge in [0, 0.05) is 48.2 Å². The van der Waals surface area contributed by atoms with E-state index < -0.39 is 0 Å². The number of pyridine rings is 1. The van der Waals surface area contributed by atoms with Crippen LogP contribution in [-0.2, 0) is 0 Å². The third-order valence-electron chi connectivity index (χ3n) is 5.45. The van der Waals surface area contributed by atoms with Crippen LogP contribution in [0.5, 0.6) is 5.75 Å². The number of fused-ring (bicyclic) bond motifs is 1. The molecule has 1 saturated heterocycles. The highest BCUT2D eigenvalue weighted by molar-refractivity contribution is 7.78. The maximum atomic E-state index is 12.7. The Morgan fingerprint density at radius 3 is 2.81 bits per heavy atom. The van der Waals surface area contributed by atoms with Crippen molar-refractivity contribution in [3.05, 3.63) is 59.8 Å². The summed E-state index contributed by atoms with van der Waals surface area (Å²) in [6.07, 6.45) is 3.44. The van der Waals surface area contributed by atoms with Crippen molar-refractivity contribution >= 4 is 52.7 Å². The normalized spacial score (nSPS) is 14.5. The number of aromatic nitrogens is 1. The molecule has 1 fully saturated rings. The van der Waals surface area contributed by atoms with E-state index in [2.05, 4.69) is 28.0 Å². The van der Waals surface area contributed by atoms with Crippen LogP contribution in [0.1, 0.15) is 19.8 Å². The number of carbonyl (C=O) groups excluding carboxylic acids is 1. The van der Waals surface area contributed by atoms with Gasteiger partial charge in [-0.25, -0.2) is 4.79 Å². The summed E-state index contributed by atoms with van der Waals surface area (Å²) in [5.74, 6) is 0.726. The highest BCUT2D eigenvalue weighted by Crippen LogP contribution is 2.32. The van der Waals surface area contributed by atoms with Crippen molar-refractivity contribution in [2.75, 3.05) is 29.9 Å². The Labute approximate surface area is 192 Å². The second-order valence-corrected chi connectivity index (χ2v) is 8.26. The summed E-state index contributed by atoms with van der Waals surface area (Å²) in [7, 11) is 0. The first kappa shape index (κ1) is 21.6. The van der Waals surface area contributed by atoms with E-state index in [0.717, 1.165) is 48.3 Å². The molecule has 6 nitrogen and oxygen atoms in total. The molecule has 2 amide bonds. The predicted molar refractivity (Wildman–Crippen MR) is 129 cm³/mol. The maximum absolute atomic E-state index is 12.7. The fourth-order valence-electron chi connectivity index (χ4n) is 3.93. The number of hydrogen-bond donors (Lipinski definition) is 2. The third-order valence-corrected chi connectivity index (χ3v) is 6.27. The van der Waals surface area contributed by atoms with Gasteiger partial charge in [0.05, 0.1) is 17.1 Å². The molecule has 1 aliphatic rings. The smallest absolute Gasteiger partial charge is 0.331 e. The molecular weight excluding hydrogens is 432 g/mol. The Kier molecular flexibility index (Phi) is 6.73. The standard InChI is InChI=1S/C23H25ClN4O2S/c1-2-30-18-6-3-5-16(15-18)26-23(29)28(31)17-10-13-27(14-11-17)21-9-12-25-22-19(21)7-4-8-20(22)24/h3-9,12,15,17,31H,2,10-11,13-14H2,1H3,(H,26,29). The van der Waals surface area contributed by atoms with Crippen molar-refractivity contribution in [1.29, 1.82) is 0 Å². The van der Waals surface area contributed by atoms with Crippen LogP contribution in [0, 0.1) is 0 Å². The van der Waals surface area contributed by atoms with Crippen molar-refractivity contribution < 1.29 is 9.53 Å². The summed E-state index contributed by atoms with van der Waals surface area (Å²) in [5.41, 5.74) is 2.62. The van der Waals surface area contributed by atoms with Crippen LogP contribution in [0.3, 0.4) is 0 Å². The lowest BCUT2D eigenvalue weighted by molar-refractivity contribution is 0.223. The van der Waals surface area contributed by atoms with E-state index >= 15 is 0 Å². The number of thiol groups is 1. The van der Waals surface area contributed by atoms with Crippen LogP contribution in [-0.4, -0.2) is 41.1 Å². The molecule has 1 N–H and O–H groups in total. The summed E-state index contributed by atoms with van der Waals surface area (Å²) in [4.78, 5) is 19.4. The minimum absolute atomic E-state index is 0.0475. The number of amides is 2. The van der Waals surface area contributed by atoms with Crippen LogP contribution in [0.15, 0.2) is 54.7 Å². The number of urea groups is 1. The summed E-state index contributed by atoms with van der Waals surface area (Å²) in [6.45, 7) is 4.14. The molecule has 0 spiro atoms. The highest BCUT2D eigenvalue weighted by atomic mass is 35.5. The molecule has 2 heterocycles. The molecule has 0 atom stereocenters. The van der Waals surface area contributed by atoms with Crippen molar-refractivity contribution in [2.45, 2.75) is 25.8 Å². The van der Waals surface area contributed by atoms with Gasteiger partial charge in [0.25, 0.3) is 0 Å². The van der Waals surface area contributed by atoms with Gasteiger partial charge in [-0.15, -0.1) is 0 Å². The first-order valence-electron chi connectivity index (χ1n) is 10.4. The van der Waals surface area contributed by atoms with Crippen molar-refractivity contribution in [2.24, 2.45) is 0 Å². The van der Waals surface area contributed by atoms with Crippen molar-refractivity contribution in [3.63, 3.8) is 0 Å². The Morgan fingerprint density at radius 1 is 1.26 bits per heavy atom. The molecule has 4 rings (SSSR count). The van der Waals surface area contributed by atoms with Gasteiger partial charge in [0.2, 0.25) is 0 Å². The van der Waals surface area contributed by atoms with Gasteiger partial charge in [-0.05, 0) is 44.0 Å². The zero-order valence-electron chi connectivity index (χ0n) is 17.3. The monoisotopic (exact) mass is 456 g/mol. The van der Waals surface area contributed by atoms with Gasteiger partial charge < -0.3 is 15.0 Å². The number of benzene rings is 2. The number of carbonyl (C=O) groups is 1. The Bertz CT molecular complexity index is 1070. The fourth-order valence-corrected chi connectivity index (χ4v) is 4.43. The summed E-state index contributed by atoms with van der Waals surface area (Å²) < 4.78 is 7.00. The molecule has 0 unspecified atom stereocenters. The van der Waals surface area contributed by atoms with Crippen molar-refractivity contribution in [3.8, 4) is 5.75 Å². The Hall–Kier alpha value is -2.64. The average Bonchev–Trinajstić information content (AvgIpc) is 2.79. The number of piperidine rings is 1. The number of halogens is 1. The highest BCUT2D eigenvalue weighted by Gasteiger charge is 2.27. The van der Waals surface area contributed by atoms with Crippen LogP contribution in [0.4, 0.5) is 16.2 Å². The maximum Gasteiger partial charge on any atom is 0.331 e. The summed E-state index contributed by atoms with van der Waals surface area (Å²) in [5, 5.41) is 4.60. The van der Waals surface area contributed by atoms with Crippen LogP contribution >= 0.6 is 24.4 Å². The largest absolute Gasteiger partial charge is 0.494 e. The molecule has 0 bridgehead atoms. The van der Waals surface area contributed by atoms with E-state index in [-0.39, 0.29) is 12.1 Å². The molecule has 31 heavy (non-hydrogen) atoms. The van der Waals surface area contributed by atoms with Crippen LogP contribution in [0.2, 0.25) is 5.02 Å². The molecule has 0 radical (unpaired) electrons. The van der Waals surface area contributed by atoms with E-state index in [4.69, 9.17) is 16.3 Å². The quantitative estimate of drug-likeness (QED) is 0.488. The molecule has 0 saturated carbocycles. The Morgan fingerprint density at radius 2 is 2.03 bits per heavy atom. The van der Waals surface area contributed by atoms with Gasteiger partial charge in [-0.3, -0.25) is 9.29 Å². The van der Waals surface area contributed by atoms with E-state index in [1.807, 2.05) is 55.5 Å². The summed E-state index contributed by atoms with van der Waals surface area (Å²) in [6, 6.07) is 15.0. The van der Waals surface area contributed by atoms with E-state index in [0.29, 0.717) is 17.3 Å². The molecule has 3 aromatic rings. The lowest BCUT2D eigenvalue weighted by atomic mass is 10.0. The predicted octanol–water partition coefficient (Wildman–Crippen LogP) is 5.63. The molecule has 0 aliphatic carbocycles. The number of anilines is 2. The molecular formula is C23H25ClN4O2S. The van der Waals surface area contributed by atoms with Crippen LogP contribution < -0.4 is 15.0 Å². The first-order chi connectivity index (χ1) is 15.1. The number of nitrogens with one attached hydrogen (secondary N) is 1. The van der Waals surface area contributed by atoms with Gasteiger partial charge >= 0.3 is 6.03 Å². The molecule has 2 aromatic carbocycles. The van der Waals surface area contributed by atoms with Crippen LogP contribution in [0.25, 0.3) is 10.9 Å². The van der Waals surface area contributed by atoms with Gasteiger partial charge in [0.1, 0.15) is 5.75 Å². The van der Waals surface area contributed by atoms with E-state index in [9.17, 15) is 4.79 Å². The number of ether oxygens (including phenoxy) is 1. The lowest BCUT2D eigenvalue weighted by Gasteiger charge is -2.37. The lowest BCUT2D eigenvalue weighted by Crippen LogP contribution is -2.44. The SMILES string of the molecule is CCOc1cccc(NC(=O)N(S)C2CCN(c3ccnc4c(Cl)cccc34)CC2)c1. The first-order valence-corrected chi connectivity index (χ1v) is 11.1. The zero-order chi connectivity index (χ0) is 21.8.